The Kier molecular flexibility index (Phi) is 4.76. The first-order valence-corrected chi connectivity index (χ1v) is 7.51. The maximum atomic E-state index is 11.1. The van der Waals surface area contributed by atoms with Crippen LogP contribution < -0.4 is 5.32 Å². The summed E-state index contributed by atoms with van der Waals surface area (Å²) in [7, 11) is 0. The van der Waals surface area contributed by atoms with Crippen LogP contribution in [0.25, 0.3) is 0 Å². The van der Waals surface area contributed by atoms with Crippen LogP contribution in [0, 0.1) is 10.1 Å². The van der Waals surface area contributed by atoms with Gasteiger partial charge in [-0.1, -0.05) is 19.3 Å². The molecule has 0 saturated heterocycles. The number of nitrogens with one attached hydrogen (secondary N) is 1. The molecule has 2 rings (SSSR count). The lowest BCUT2D eigenvalue weighted by Gasteiger charge is -2.37. The van der Waals surface area contributed by atoms with Crippen LogP contribution in [0.2, 0.25) is 0 Å². The van der Waals surface area contributed by atoms with Gasteiger partial charge >= 0.3 is 11.7 Å². The molecule has 1 aliphatic carbocycles. The highest BCUT2D eigenvalue weighted by Gasteiger charge is 2.36. The van der Waals surface area contributed by atoms with Crippen LogP contribution in [0.1, 0.15) is 38.5 Å². The van der Waals surface area contributed by atoms with Gasteiger partial charge in [0.2, 0.25) is 5.82 Å². The highest BCUT2D eigenvalue weighted by Crippen LogP contribution is 2.36. The van der Waals surface area contributed by atoms with Crippen molar-refractivity contribution in [1.82, 2.24) is 4.98 Å². The molecule has 0 spiro atoms. The van der Waals surface area contributed by atoms with E-state index >= 15 is 0 Å². The Balaban J connectivity index is 2.32. The number of rotatable bonds is 5. The Morgan fingerprint density at radius 3 is 2.71 bits per heavy atom. The van der Waals surface area contributed by atoms with Gasteiger partial charge in [-0.25, -0.2) is 4.98 Å². The van der Waals surface area contributed by atoms with Crippen molar-refractivity contribution in [2.75, 3.05) is 5.32 Å². The smallest absolute Gasteiger partial charge is 0.312 e. The first-order valence-electron chi connectivity index (χ1n) is 6.72. The van der Waals surface area contributed by atoms with E-state index in [0.717, 1.165) is 19.3 Å². The van der Waals surface area contributed by atoms with Gasteiger partial charge in [0.25, 0.3) is 0 Å². The lowest BCUT2D eigenvalue weighted by atomic mass is 9.79. The average molecular weight is 358 g/mol. The zero-order chi connectivity index (χ0) is 15.5. The Morgan fingerprint density at radius 1 is 1.48 bits per heavy atom. The molecule has 1 saturated carbocycles. The second kappa shape index (κ2) is 6.38. The quantitative estimate of drug-likeness (QED) is 0.618. The van der Waals surface area contributed by atoms with E-state index in [1.54, 1.807) is 0 Å². The van der Waals surface area contributed by atoms with Crippen molar-refractivity contribution in [2.24, 2.45) is 0 Å². The summed E-state index contributed by atoms with van der Waals surface area (Å²) in [6, 6.07) is 1.37. The minimum atomic E-state index is -0.913. The molecule has 0 bridgehead atoms. The van der Waals surface area contributed by atoms with Crippen LogP contribution in [-0.4, -0.2) is 26.5 Å². The molecule has 0 radical (unpaired) electrons. The van der Waals surface area contributed by atoms with Crippen LogP contribution in [0.3, 0.4) is 0 Å². The molecule has 114 valence electrons. The zero-order valence-corrected chi connectivity index (χ0v) is 12.9. The molecule has 1 aliphatic rings. The first kappa shape index (κ1) is 15.7. The topological polar surface area (TPSA) is 105 Å². The average Bonchev–Trinajstić information content (AvgIpc) is 2.40. The molecule has 1 fully saturated rings. The molecule has 2 N–H and O–H groups in total. The Hall–Kier alpha value is -1.70. The molecular weight excluding hydrogens is 342 g/mol. The van der Waals surface area contributed by atoms with Crippen molar-refractivity contribution in [2.45, 2.75) is 44.1 Å². The molecule has 0 aromatic carbocycles. The van der Waals surface area contributed by atoms with Crippen LogP contribution in [0.5, 0.6) is 0 Å². The third kappa shape index (κ3) is 3.90. The second-order valence-corrected chi connectivity index (χ2v) is 6.23. The van der Waals surface area contributed by atoms with Gasteiger partial charge in [0, 0.05) is 22.3 Å². The molecule has 0 atom stereocenters. The monoisotopic (exact) mass is 357 g/mol. The summed E-state index contributed by atoms with van der Waals surface area (Å²) in [6.45, 7) is 0. The highest BCUT2D eigenvalue weighted by molar-refractivity contribution is 9.10. The number of carboxylic acid groups (broad SMARTS) is 1. The Bertz CT molecular complexity index is 558. The fourth-order valence-corrected chi connectivity index (χ4v) is 3.10. The van der Waals surface area contributed by atoms with Gasteiger partial charge < -0.3 is 10.4 Å². The number of hydrogen-bond donors (Lipinski definition) is 2. The third-order valence-electron chi connectivity index (χ3n) is 3.71. The molecule has 8 heteroatoms. The molecule has 1 aromatic rings. The Labute approximate surface area is 130 Å². The summed E-state index contributed by atoms with van der Waals surface area (Å²) < 4.78 is 0.510. The predicted octanol–water partition coefficient (Wildman–Crippen LogP) is 3.34. The van der Waals surface area contributed by atoms with E-state index in [1.165, 1.54) is 12.3 Å². The summed E-state index contributed by atoms with van der Waals surface area (Å²) in [5, 5.41) is 23.3. The minimum Gasteiger partial charge on any atom is -0.481 e. The highest BCUT2D eigenvalue weighted by atomic mass is 79.9. The predicted molar refractivity (Wildman–Crippen MR) is 80.3 cm³/mol. The summed E-state index contributed by atoms with van der Waals surface area (Å²) >= 11 is 3.15. The number of aliphatic carboxylic acids is 1. The van der Waals surface area contributed by atoms with Crippen LogP contribution >= 0.6 is 15.9 Å². The van der Waals surface area contributed by atoms with Gasteiger partial charge in [-0.2, -0.15) is 0 Å². The van der Waals surface area contributed by atoms with E-state index in [9.17, 15) is 14.9 Å². The lowest BCUT2D eigenvalue weighted by molar-refractivity contribution is -0.384. The van der Waals surface area contributed by atoms with Gasteiger partial charge in [0.05, 0.1) is 11.3 Å². The van der Waals surface area contributed by atoms with E-state index in [4.69, 9.17) is 5.11 Å². The molecule has 7 nitrogen and oxygen atoms in total. The first-order chi connectivity index (χ1) is 9.92. The van der Waals surface area contributed by atoms with E-state index in [1.807, 2.05) is 0 Å². The molecule has 1 aromatic heterocycles. The van der Waals surface area contributed by atoms with Crippen LogP contribution in [-0.2, 0) is 4.79 Å². The van der Waals surface area contributed by atoms with Gasteiger partial charge in [0.1, 0.15) is 0 Å². The van der Waals surface area contributed by atoms with E-state index < -0.39 is 16.4 Å². The number of carbonyl (C=O) groups is 1. The summed E-state index contributed by atoms with van der Waals surface area (Å²) in [4.78, 5) is 25.8. The maximum absolute atomic E-state index is 11.1. The lowest BCUT2D eigenvalue weighted by Crippen LogP contribution is -2.42. The van der Waals surface area contributed by atoms with Crippen molar-refractivity contribution in [3.63, 3.8) is 0 Å². The van der Waals surface area contributed by atoms with Gasteiger partial charge in [-0.15, -0.1) is 0 Å². The van der Waals surface area contributed by atoms with Crippen molar-refractivity contribution in [3.8, 4) is 0 Å². The fourth-order valence-electron chi connectivity index (χ4n) is 2.78. The van der Waals surface area contributed by atoms with Crippen molar-refractivity contribution >= 4 is 33.4 Å². The number of nitro groups is 1. The normalized spacial score (nSPS) is 17.2. The number of aromatic nitrogens is 1. The number of halogens is 1. The Morgan fingerprint density at radius 2 is 2.14 bits per heavy atom. The molecule has 0 unspecified atom stereocenters. The fraction of sp³-hybridized carbons (Fsp3) is 0.538. The minimum absolute atomic E-state index is 0.0676. The van der Waals surface area contributed by atoms with E-state index in [2.05, 4.69) is 26.2 Å². The van der Waals surface area contributed by atoms with Gasteiger partial charge in [0.15, 0.2) is 0 Å². The van der Waals surface area contributed by atoms with Crippen LogP contribution in [0.4, 0.5) is 11.5 Å². The standard InChI is InChI=1S/C13H16BrN3O4/c14-9-6-10(17(20)21)12(15-8-9)16-13(7-11(18)19)4-2-1-3-5-13/h6,8H,1-5,7H2,(H,15,16)(H,18,19). The number of nitrogens with zero attached hydrogens (tertiary/aromatic N) is 2. The largest absolute Gasteiger partial charge is 0.481 e. The number of hydrogen-bond acceptors (Lipinski definition) is 5. The summed E-state index contributed by atoms with van der Waals surface area (Å²) in [5.74, 6) is -0.782. The summed E-state index contributed by atoms with van der Waals surface area (Å²) in [5.41, 5.74) is -0.810. The molecular formula is C13H16BrN3O4. The molecule has 1 heterocycles. The molecule has 0 amide bonds. The van der Waals surface area contributed by atoms with E-state index in [-0.39, 0.29) is 17.9 Å². The third-order valence-corrected chi connectivity index (χ3v) is 4.15. The van der Waals surface area contributed by atoms with Crippen molar-refractivity contribution in [1.29, 1.82) is 0 Å². The van der Waals surface area contributed by atoms with Gasteiger partial charge in [-0.3, -0.25) is 14.9 Å². The number of carboxylic acids is 1. The zero-order valence-electron chi connectivity index (χ0n) is 11.3. The summed E-state index contributed by atoms with van der Waals surface area (Å²) in [6.07, 6.45) is 5.62. The van der Waals surface area contributed by atoms with Crippen molar-refractivity contribution in [3.05, 3.63) is 26.9 Å². The second-order valence-electron chi connectivity index (χ2n) is 5.31. The number of pyridine rings is 1. The SMILES string of the molecule is O=C(O)CC1(Nc2ncc(Br)cc2[N+](=O)[O-])CCCCC1. The van der Waals surface area contributed by atoms with Gasteiger partial charge in [-0.05, 0) is 28.8 Å². The van der Waals surface area contributed by atoms with E-state index in [0.29, 0.717) is 17.3 Å². The number of anilines is 1. The molecule has 0 aliphatic heterocycles. The molecule has 21 heavy (non-hydrogen) atoms. The van der Waals surface area contributed by atoms with Crippen molar-refractivity contribution < 1.29 is 14.8 Å². The maximum Gasteiger partial charge on any atom is 0.312 e. The van der Waals surface area contributed by atoms with Crippen LogP contribution in [0.15, 0.2) is 16.7 Å².